The van der Waals surface area contributed by atoms with Crippen molar-refractivity contribution in [2.75, 3.05) is 21.3 Å². The summed E-state index contributed by atoms with van der Waals surface area (Å²) in [5.41, 5.74) is -0.650. The summed E-state index contributed by atoms with van der Waals surface area (Å²) in [6.45, 7) is 11.3. The fraction of sp³-hybridized carbons (Fsp3) is 0.412. The van der Waals surface area contributed by atoms with Gasteiger partial charge in [-0.05, 0) is 116 Å². The molecule has 0 unspecified atom stereocenters. The van der Waals surface area contributed by atoms with Gasteiger partial charge in [0.1, 0.15) is 52.4 Å². The number of phenols is 1. The van der Waals surface area contributed by atoms with E-state index >= 15 is 0 Å². The molecule has 0 saturated carbocycles. The number of halogens is 12. The van der Waals surface area contributed by atoms with E-state index in [-0.39, 0.29) is 106 Å². The molecule has 4 aromatic carbocycles. The van der Waals surface area contributed by atoms with Gasteiger partial charge >= 0.3 is 53.4 Å². The normalized spacial score (nSPS) is 11.9. The summed E-state index contributed by atoms with van der Waals surface area (Å²) in [5, 5.41) is 26.3. The number of phenolic OH excluding ortho intramolecular Hbond substituents is 1. The zero-order valence-corrected chi connectivity index (χ0v) is 53.3. The van der Waals surface area contributed by atoms with Crippen LogP contribution in [0.5, 0.6) is 23.0 Å². The van der Waals surface area contributed by atoms with Gasteiger partial charge in [0.2, 0.25) is 0 Å². The number of esters is 3. The Morgan fingerprint density at radius 2 is 0.812 bits per heavy atom. The number of alkyl halides is 4. The van der Waals surface area contributed by atoms with Gasteiger partial charge in [0.15, 0.2) is 29.9 Å². The molecule has 0 radical (unpaired) electrons. The number of carbonyl (C=O) groups excluding carboxylic acids is 5. The van der Waals surface area contributed by atoms with E-state index in [4.69, 9.17) is 24.4 Å². The largest absolute Gasteiger partial charge is 1.00 e. The number of carbonyl (C=O) groups is 6. The van der Waals surface area contributed by atoms with Gasteiger partial charge in [-0.1, -0.05) is 27.7 Å². The smallest absolute Gasteiger partial charge is 0.870 e. The van der Waals surface area contributed by atoms with E-state index in [0.717, 1.165) is 43.5 Å². The van der Waals surface area contributed by atoms with E-state index in [1.54, 1.807) is 13.8 Å². The van der Waals surface area contributed by atoms with E-state index in [2.05, 4.69) is 77.9 Å². The van der Waals surface area contributed by atoms with Crippen molar-refractivity contribution in [3.05, 3.63) is 112 Å². The van der Waals surface area contributed by atoms with Crippen LogP contribution in [-0.4, -0.2) is 102 Å². The van der Waals surface area contributed by atoms with Crippen LogP contribution in [-0.2, 0) is 45.2 Å². The fourth-order valence-corrected chi connectivity index (χ4v) is 6.78. The quantitative estimate of drug-likeness (QED) is 0.0275. The maximum absolute atomic E-state index is 13.9. The van der Waals surface area contributed by atoms with Gasteiger partial charge in [-0.15, -0.1) is 0 Å². The summed E-state index contributed by atoms with van der Waals surface area (Å²) in [5.74, 6) is -13.9. The van der Waals surface area contributed by atoms with Crippen molar-refractivity contribution in [2.24, 2.45) is 0 Å². The number of hydrogen-bond donors (Lipinski definition) is 3. The molecule has 4 N–H and O–H groups in total. The van der Waals surface area contributed by atoms with Gasteiger partial charge in [0.05, 0.1) is 61.5 Å². The van der Waals surface area contributed by atoms with Crippen molar-refractivity contribution in [3.63, 3.8) is 0 Å². The molecule has 0 heterocycles. The molecular formula is C51H57Br4F8NaO16. The van der Waals surface area contributed by atoms with Gasteiger partial charge < -0.3 is 49.2 Å². The predicted molar refractivity (Wildman–Crippen MR) is 283 cm³/mol. The minimum Gasteiger partial charge on any atom is -0.870 e. The monoisotopic (exact) mass is 1420 g/mol. The number of carboxylic acid groups (broad SMARTS) is 1. The van der Waals surface area contributed by atoms with Crippen molar-refractivity contribution in [1.82, 2.24) is 0 Å². The first kappa shape index (κ1) is 79.8. The third-order valence-corrected chi connectivity index (χ3v) is 12.3. The molecule has 0 spiro atoms. The molecule has 0 aromatic heterocycles. The number of methoxy groups -OCH3 is 3. The molecule has 4 atom stereocenters. The molecular weight excluding hydrogens is 1360 g/mol. The van der Waals surface area contributed by atoms with Gasteiger partial charge in [-0.2, -0.15) is 0 Å². The molecule has 80 heavy (non-hydrogen) atoms. The standard InChI is InChI=1S/C13H14BrF3O3.C13H14BrFO4.C12H12BrF3O3.C9H8BrFO2.C4H8O3.Na.H2O/c1-4-13(16,17)8-5-9(14)10(15)6-11(8)20-7(2)12(18)19-3;1-4-11(16)8-5-9(14)10(15)6-12(8)19-7(2)13(17)18-3;1-3-12(15,16)7-4-8(13)9(14)5-10(7)19-6(2)11(17)18;1-2-8(12)5-3-6(10)7(11)4-9(5)13;1-3(5)4(6)7-2;;/h5-7H,4H2,1-3H3;5-7H,4H2,1-3H3;4-6H,3H2,1-2H3,(H,17,18);3-4,13H,2H2,1H3;3,5H,1-2H3;;1H2/q;;;;;+1;/p-1/t2*7-;6-;;3-;;/m000.1../s1. The number of Topliss-reactive ketones (excluding diaryl/α,β-unsaturated/α-hetero) is 2. The summed E-state index contributed by atoms with van der Waals surface area (Å²) in [7, 11) is 3.60. The Bertz CT molecular complexity index is 2720. The predicted octanol–water partition coefficient (Wildman–Crippen LogP) is 10.3. The second-order valence-electron chi connectivity index (χ2n) is 15.6. The third-order valence-electron chi connectivity index (χ3n) is 9.89. The first-order chi connectivity index (χ1) is 36.0. The molecule has 29 heteroatoms. The molecule has 0 aliphatic heterocycles. The Morgan fingerprint density at radius 1 is 0.512 bits per heavy atom. The van der Waals surface area contributed by atoms with Crippen molar-refractivity contribution >= 4 is 99.2 Å². The zero-order valence-electron chi connectivity index (χ0n) is 45.0. The Labute approximate surface area is 511 Å². The average Bonchev–Trinajstić information content (AvgIpc) is 3.39. The van der Waals surface area contributed by atoms with Crippen molar-refractivity contribution in [1.29, 1.82) is 0 Å². The number of aromatic hydroxyl groups is 1. The van der Waals surface area contributed by atoms with E-state index in [1.165, 1.54) is 67.9 Å². The van der Waals surface area contributed by atoms with Crippen molar-refractivity contribution in [2.45, 2.75) is 117 Å². The maximum Gasteiger partial charge on any atom is 1.00 e. The van der Waals surface area contributed by atoms with Crippen molar-refractivity contribution < 1.29 is 143 Å². The zero-order chi connectivity index (χ0) is 60.7. The van der Waals surface area contributed by atoms with E-state index in [1.807, 2.05) is 0 Å². The summed E-state index contributed by atoms with van der Waals surface area (Å²) >= 11 is 11.6. The first-order valence-corrected chi connectivity index (χ1v) is 25.9. The second-order valence-corrected chi connectivity index (χ2v) is 19.0. The first-order valence-electron chi connectivity index (χ1n) is 22.7. The van der Waals surface area contributed by atoms with Crippen LogP contribution in [0.1, 0.15) is 113 Å². The minimum absolute atomic E-state index is 0. The van der Waals surface area contributed by atoms with E-state index in [9.17, 15) is 69.0 Å². The van der Waals surface area contributed by atoms with Crippen LogP contribution in [0, 0.1) is 23.3 Å². The summed E-state index contributed by atoms with van der Waals surface area (Å²) < 4.78 is 137. The molecule has 0 aliphatic rings. The van der Waals surface area contributed by atoms with Crippen LogP contribution in [0.15, 0.2) is 66.4 Å². The number of ether oxygens (including phenoxy) is 6. The van der Waals surface area contributed by atoms with Crippen LogP contribution in [0.25, 0.3) is 0 Å². The molecule has 442 valence electrons. The summed E-state index contributed by atoms with van der Waals surface area (Å²) in [4.78, 5) is 66.2. The average molecular weight is 1420 g/mol. The number of aliphatic hydroxyl groups excluding tert-OH is 1. The Hall–Kier alpha value is -4.42. The number of benzene rings is 4. The van der Waals surface area contributed by atoms with Crippen LogP contribution in [0.4, 0.5) is 35.1 Å². The third kappa shape index (κ3) is 25.4. The molecule has 0 bridgehead atoms. The Balaban J connectivity index is -0.000000949. The van der Waals surface area contributed by atoms with Crippen LogP contribution < -0.4 is 43.8 Å². The number of aliphatic hydroxyl groups is 1. The van der Waals surface area contributed by atoms with E-state index < -0.39 is 113 Å². The maximum atomic E-state index is 13.9. The molecule has 0 fully saturated rings. The summed E-state index contributed by atoms with van der Waals surface area (Å²) in [6, 6.07) is 8.07. The van der Waals surface area contributed by atoms with Crippen LogP contribution in [0.3, 0.4) is 0 Å². The van der Waals surface area contributed by atoms with E-state index in [0.29, 0.717) is 0 Å². The number of hydrogen-bond acceptors (Lipinski definition) is 15. The number of aliphatic carboxylic acids is 1. The summed E-state index contributed by atoms with van der Waals surface area (Å²) in [6.07, 6.45) is -4.85. The Morgan fingerprint density at radius 3 is 1.12 bits per heavy atom. The van der Waals surface area contributed by atoms with Crippen molar-refractivity contribution in [3.8, 4) is 23.0 Å². The van der Waals surface area contributed by atoms with Crippen LogP contribution >= 0.6 is 63.7 Å². The molecule has 4 aromatic rings. The molecule has 16 nitrogen and oxygen atoms in total. The van der Waals surface area contributed by atoms with Crippen LogP contribution in [0.2, 0.25) is 0 Å². The Kier molecular flexibility index (Phi) is 37.5. The second kappa shape index (κ2) is 37.6. The molecule has 4 rings (SSSR count). The topological polar surface area (TPSA) is 248 Å². The van der Waals surface area contributed by atoms with Gasteiger partial charge in [-0.3, -0.25) is 9.59 Å². The van der Waals surface area contributed by atoms with Gasteiger partial charge in [-0.25, -0.2) is 54.3 Å². The minimum atomic E-state index is -3.23. The number of rotatable bonds is 18. The SMILES string of the molecule is CCC(=O)c1cc(Br)c(F)cc1O.CCC(=O)c1cc(Br)c(F)cc1O[C@@H](C)C(=O)OC.CCC(F)(F)c1cc(Br)c(F)cc1O[C@@H](C)C(=O)O.CCC(F)(F)c1cc(Br)c(F)cc1O[C@@H](C)C(=O)OC.COC(=O)[C@@H](C)O.[Na+].[OH-]. The van der Waals surface area contributed by atoms with Gasteiger partial charge in [0.25, 0.3) is 11.8 Å². The van der Waals surface area contributed by atoms with Gasteiger partial charge in [0, 0.05) is 49.9 Å². The fourth-order valence-electron chi connectivity index (χ4n) is 5.41. The number of ketones is 2. The molecule has 0 aliphatic carbocycles. The molecule has 0 saturated heterocycles. The number of carboxylic acids is 1. The molecule has 0 amide bonds.